The summed E-state index contributed by atoms with van der Waals surface area (Å²) in [6, 6.07) is 14.3. The van der Waals surface area contributed by atoms with Gasteiger partial charge in [-0.15, -0.1) is 5.10 Å². The van der Waals surface area contributed by atoms with E-state index in [1.807, 2.05) is 24.3 Å². The van der Waals surface area contributed by atoms with Crippen molar-refractivity contribution in [2.24, 2.45) is 0 Å². The van der Waals surface area contributed by atoms with Crippen molar-refractivity contribution < 1.29 is 4.92 Å². The van der Waals surface area contributed by atoms with Crippen molar-refractivity contribution in [1.29, 1.82) is 0 Å². The second-order valence-corrected chi connectivity index (χ2v) is 4.56. The van der Waals surface area contributed by atoms with Gasteiger partial charge < -0.3 is 5.32 Å². The summed E-state index contributed by atoms with van der Waals surface area (Å²) < 4.78 is 0. The summed E-state index contributed by atoms with van der Waals surface area (Å²) in [5.74, 6) is 0.700. The third-order valence-electron chi connectivity index (χ3n) is 3.18. The van der Waals surface area contributed by atoms with Gasteiger partial charge in [-0.3, -0.25) is 10.1 Å². The van der Waals surface area contributed by atoms with Crippen molar-refractivity contribution in [3.05, 3.63) is 70.4 Å². The van der Waals surface area contributed by atoms with Crippen LogP contribution in [0.15, 0.2) is 54.7 Å². The van der Waals surface area contributed by atoms with E-state index >= 15 is 0 Å². The molecule has 3 aromatic rings. The van der Waals surface area contributed by atoms with Gasteiger partial charge in [-0.2, -0.15) is 5.10 Å². The largest absolute Gasteiger partial charge is 0.364 e. The molecular weight excluding hydrogens is 268 g/mol. The van der Waals surface area contributed by atoms with Gasteiger partial charge >= 0.3 is 0 Å². The fraction of sp³-hybridized carbons (Fsp3) is 0.0667. The smallest absolute Gasteiger partial charge is 0.269 e. The number of nitrogens with one attached hydrogen (secondary N) is 1. The second-order valence-electron chi connectivity index (χ2n) is 4.56. The SMILES string of the molecule is O=[N+]([O-])c1ccc(CNc2nncc3ccccc23)cc1. The monoisotopic (exact) mass is 280 g/mol. The lowest BCUT2D eigenvalue weighted by atomic mass is 10.2. The lowest BCUT2D eigenvalue weighted by Crippen LogP contribution is -2.03. The highest BCUT2D eigenvalue weighted by Crippen LogP contribution is 2.20. The zero-order valence-corrected chi connectivity index (χ0v) is 11.1. The molecule has 1 N–H and O–H groups in total. The third kappa shape index (κ3) is 2.79. The van der Waals surface area contributed by atoms with E-state index in [0.717, 1.165) is 16.3 Å². The number of nitrogens with zero attached hydrogens (tertiary/aromatic N) is 3. The van der Waals surface area contributed by atoms with E-state index in [4.69, 9.17) is 0 Å². The lowest BCUT2D eigenvalue weighted by molar-refractivity contribution is -0.384. The number of non-ortho nitro benzene ring substituents is 1. The van der Waals surface area contributed by atoms with Crippen molar-refractivity contribution in [2.75, 3.05) is 5.32 Å². The van der Waals surface area contributed by atoms with Gasteiger partial charge in [-0.25, -0.2) is 0 Å². The molecule has 1 aromatic heterocycles. The Balaban J connectivity index is 1.79. The maximum Gasteiger partial charge on any atom is 0.269 e. The van der Waals surface area contributed by atoms with Gasteiger partial charge in [0.15, 0.2) is 5.82 Å². The molecule has 0 saturated heterocycles. The Kier molecular flexibility index (Phi) is 3.42. The first-order chi connectivity index (χ1) is 10.2. The molecule has 3 rings (SSSR count). The van der Waals surface area contributed by atoms with Crippen LogP contribution in [-0.2, 0) is 6.54 Å². The Morgan fingerprint density at radius 3 is 2.62 bits per heavy atom. The van der Waals surface area contributed by atoms with Crippen LogP contribution >= 0.6 is 0 Å². The molecule has 6 heteroatoms. The van der Waals surface area contributed by atoms with Crippen LogP contribution in [0.1, 0.15) is 5.56 Å². The molecule has 0 bridgehead atoms. The van der Waals surface area contributed by atoms with Crippen LogP contribution in [0.25, 0.3) is 10.8 Å². The zero-order chi connectivity index (χ0) is 14.7. The Hall–Kier alpha value is -3.02. The summed E-state index contributed by atoms with van der Waals surface area (Å²) in [4.78, 5) is 10.2. The van der Waals surface area contributed by atoms with E-state index in [9.17, 15) is 10.1 Å². The minimum absolute atomic E-state index is 0.0868. The van der Waals surface area contributed by atoms with Gasteiger partial charge in [0.1, 0.15) is 0 Å². The molecule has 0 aliphatic heterocycles. The van der Waals surface area contributed by atoms with Gasteiger partial charge in [0, 0.05) is 29.4 Å². The molecule has 0 unspecified atom stereocenters. The molecule has 0 amide bonds. The zero-order valence-electron chi connectivity index (χ0n) is 11.1. The molecule has 0 atom stereocenters. The van der Waals surface area contributed by atoms with Crippen molar-refractivity contribution >= 4 is 22.3 Å². The molecule has 1 heterocycles. The van der Waals surface area contributed by atoms with Crippen LogP contribution in [-0.4, -0.2) is 15.1 Å². The van der Waals surface area contributed by atoms with E-state index in [0.29, 0.717) is 12.4 Å². The highest BCUT2D eigenvalue weighted by Gasteiger charge is 2.05. The van der Waals surface area contributed by atoms with E-state index in [2.05, 4.69) is 15.5 Å². The van der Waals surface area contributed by atoms with Crippen LogP contribution in [0.2, 0.25) is 0 Å². The summed E-state index contributed by atoms with van der Waals surface area (Å²) in [5.41, 5.74) is 1.03. The van der Waals surface area contributed by atoms with Crippen molar-refractivity contribution in [3.8, 4) is 0 Å². The fourth-order valence-electron chi connectivity index (χ4n) is 2.08. The number of fused-ring (bicyclic) bond motifs is 1. The van der Waals surface area contributed by atoms with Crippen LogP contribution in [0.3, 0.4) is 0 Å². The van der Waals surface area contributed by atoms with Gasteiger partial charge in [0.05, 0.1) is 11.1 Å². The minimum Gasteiger partial charge on any atom is -0.364 e. The molecule has 0 spiro atoms. The Morgan fingerprint density at radius 1 is 1.10 bits per heavy atom. The summed E-state index contributed by atoms with van der Waals surface area (Å²) in [6.45, 7) is 0.528. The van der Waals surface area contributed by atoms with Crippen molar-refractivity contribution in [3.63, 3.8) is 0 Å². The van der Waals surface area contributed by atoms with Gasteiger partial charge in [-0.05, 0) is 5.56 Å². The van der Waals surface area contributed by atoms with Gasteiger partial charge in [-0.1, -0.05) is 36.4 Å². The summed E-state index contributed by atoms with van der Waals surface area (Å²) in [7, 11) is 0. The number of hydrogen-bond donors (Lipinski definition) is 1. The normalized spacial score (nSPS) is 10.5. The number of hydrogen-bond acceptors (Lipinski definition) is 5. The topological polar surface area (TPSA) is 81.0 Å². The molecule has 21 heavy (non-hydrogen) atoms. The predicted molar refractivity (Wildman–Crippen MR) is 80.0 cm³/mol. The predicted octanol–water partition coefficient (Wildman–Crippen LogP) is 3.15. The van der Waals surface area contributed by atoms with Gasteiger partial charge in [0.2, 0.25) is 0 Å². The number of nitro benzene ring substituents is 1. The first-order valence-corrected chi connectivity index (χ1v) is 6.42. The van der Waals surface area contributed by atoms with E-state index in [1.165, 1.54) is 12.1 Å². The highest BCUT2D eigenvalue weighted by molar-refractivity contribution is 5.90. The van der Waals surface area contributed by atoms with Crippen LogP contribution < -0.4 is 5.32 Å². The van der Waals surface area contributed by atoms with E-state index in [1.54, 1.807) is 18.3 Å². The van der Waals surface area contributed by atoms with Crippen molar-refractivity contribution in [1.82, 2.24) is 10.2 Å². The lowest BCUT2D eigenvalue weighted by Gasteiger charge is -2.07. The average molecular weight is 280 g/mol. The number of aromatic nitrogens is 2. The minimum atomic E-state index is -0.409. The highest BCUT2D eigenvalue weighted by atomic mass is 16.6. The van der Waals surface area contributed by atoms with Crippen LogP contribution in [0.5, 0.6) is 0 Å². The fourth-order valence-corrected chi connectivity index (χ4v) is 2.08. The third-order valence-corrected chi connectivity index (χ3v) is 3.18. The number of nitro groups is 1. The second kappa shape index (κ2) is 5.54. The van der Waals surface area contributed by atoms with Crippen LogP contribution in [0.4, 0.5) is 11.5 Å². The number of benzene rings is 2. The molecular formula is C15H12N4O2. The maximum absolute atomic E-state index is 10.6. The Bertz CT molecular complexity index is 782. The maximum atomic E-state index is 10.6. The number of rotatable bonds is 4. The molecule has 0 fully saturated rings. The molecule has 0 saturated carbocycles. The van der Waals surface area contributed by atoms with E-state index < -0.39 is 4.92 Å². The number of anilines is 1. The summed E-state index contributed by atoms with van der Waals surface area (Å²) in [6.07, 6.45) is 1.71. The molecule has 0 radical (unpaired) electrons. The Morgan fingerprint density at radius 2 is 1.86 bits per heavy atom. The summed E-state index contributed by atoms with van der Waals surface area (Å²) in [5, 5.41) is 23.9. The molecule has 0 aliphatic rings. The molecule has 2 aromatic carbocycles. The standard InChI is InChI=1S/C15H12N4O2/c20-19(21)13-7-5-11(6-8-13)9-16-15-14-4-2-1-3-12(14)10-17-18-15/h1-8,10H,9H2,(H,16,18). The van der Waals surface area contributed by atoms with Gasteiger partial charge in [0.25, 0.3) is 5.69 Å². The molecule has 0 aliphatic carbocycles. The quantitative estimate of drug-likeness (QED) is 0.586. The first-order valence-electron chi connectivity index (χ1n) is 6.42. The first kappa shape index (κ1) is 13.0. The average Bonchev–Trinajstić information content (AvgIpc) is 2.53. The van der Waals surface area contributed by atoms with E-state index in [-0.39, 0.29) is 5.69 Å². The van der Waals surface area contributed by atoms with Crippen LogP contribution in [0, 0.1) is 10.1 Å². The summed E-state index contributed by atoms with van der Waals surface area (Å²) >= 11 is 0. The molecule has 104 valence electrons. The van der Waals surface area contributed by atoms with Crippen molar-refractivity contribution in [2.45, 2.75) is 6.54 Å². The molecule has 6 nitrogen and oxygen atoms in total. The Labute approximate surface area is 120 Å².